The van der Waals surface area contributed by atoms with Crippen LogP contribution in [-0.4, -0.2) is 6.08 Å². The van der Waals surface area contributed by atoms with Crippen LogP contribution in [0, 0.1) is 5.82 Å². The predicted octanol–water partition coefficient (Wildman–Crippen LogP) is 2.41. The molecule has 1 heterocycles. The Morgan fingerprint density at radius 1 is 1.43 bits per heavy atom. The van der Waals surface area contributed by atoms with Gasteiger partial charge in [-0.15, -0.1) is 0 Å². The van der Waals surface area contributed by atoms with Gasteiger partial charge in [-0.2, -0.15) is 0 Å². The average molecular weight is 191 g/mol. The molecule has 3 nitrogen and oxygen atoms in total. The molecular formula is C10H6FNO2. The van der Waals surface area contributed by atoms with Crippen molar-refractivity contribution in [2.24, 2.45) is 4.99 Å². The summed E-state index contributed by atoms with van der Waals surface area (Å²) in [7, 11) is 0. The van der Waals surface area contributed by atoms with E-state index in [2.05, 4.69) is 4.99 Å². The summed E-state index contributed by atoms with van der Waals surface area (Å²) in [6.07, 6.45) is 2.85. The van der Waals surface area contributed by atoms with Crippen LogP contribution in [0.4, 0.5) is 4.39 Å². The van der Waals surface area contributed by atoms with E-state index in [4.69, 9.17) is 4.42 Å². The molecule has 0 saturated heterocycles. The minimum atomic E-state index is -0.391. The fraction of sp³-hybridized carbons (Fsp3) is 0.100. The molecule has 0 aliphatic heterocycles. The molecule has 0 N–H and O–H groups in total. The van der Waals surface area contributed by atoms with Crippen molar-refractivity contribution in [2.45, 2.75) is 6.54 Å². The lowest BCUT2D eigenvalue weighted by Crippen LogP contribution is -1.88. The van der Waals surface area contributed by atoms with Crippen LogP contribution in [0.3, 0.4) is 0 Å². The maximum Gasteiger partial charge on any atom is 0.235 e. The summed E-state index contributed by atoms with van der Waals surface area (Å²) in [5.41, 5.74) is 0.946. The highest BCUT2D eigenvalue weighted by molar-refractivity contribution is 5.81. The smallest absolute Gasteiger partial charge is 0.235 e. The van der Waals surface area contributed by atoms with Gasteiger partial charge in [0, 0.05) is 10.9 Å². The van der Waals surface area contributed by atoms with Crippen LogP contribution in [0.5, 0.6) is 0 Å². The van der Waals surface area contributed by atoms with Crippen LogP contribution in [0.15, 0.2) is 33.9 Å². The summed E-state index contributed by atoms with van der Waals surface area (Å²) in [6, 6.07) is 4.48. The summed E-state index contributed by atoms with van der Waals surface area (Å²) in [6.45, 7) is -0.00773. The molecule has 0 bridgehead atoms. The summed E-state index contributed by atoms with van der Waals surface area (Å²) < 4.78 is 18.4. The van der Waals surface area contributed by atoms with Crippen LogP contribution >= 0.6 is 0 Å². The molecular weight excluding hydrogens is 185 g/mol. The minimum absolute atomic E-state index is 0.00773. The molecule has 0 fully saturated rings. The molecule has 14 heavy (non-hydrogen) atoms. The number of nitrogens with zero attached hydrogens (tertiary/aromatic N) is 1. The van der Waals surface area contributed by atoms with E-state index in [-0.39, 0.29) is 6.54 Å². The maximum absolute atomic E-state index is 13.3. The van der Waals surface area contributed by atoms with Crippen LogP contribution in [0.25, 0.3) is 11.0 Å². The molecule has 0 aliphatic carbocycles. The van der Waals surface area contributed by atoms with Gasteiger partial charge in [0.05, 0.1) is 12.8 Å². The first-order valence-electron chi connectivity index (χ1n) is 4.01. The van der Waals surface area contributed by atoms with E-state index in [0.29, 0.717) is 16.5 Å². The summed E-state index contributed by atoms with van der Waals surface area (Å²) in [4.78, 5) is 13.3. The molecule has 0 aliphatic rings. The topological polar surface area (TPSA) is 42.6 Å². The van der Waals surface area contributed by atoms with Crippen LogP contribution in [0.2, 0.25) is 0 Å². The number of carbonyl (C=O) groups excluding carboxylic acids is 1. The number of halogens is 1. The lowest BCUT2D eigenvalue weighted by molar-refractivity contribution is 0.561. The third-order valence-electron chi connectivity index (χ3n) is 1.99. The largest absolute Gasteiger partial charge is 0.464 e. The minimum Gasteiger partial charge on any atom is -0.464 e. The highest BCUT2D eigenvalue weighted by Crippen LogP contribution is 2.23. The molecule has 0 saturated carbocycles. The Morgan fingerprint density at radius 2 is 2.29 bits per heavy atom. The summed E-state index contributed by atoms with van der Waals surface area (Å²) >= 11 is 0. The number of rotatable bonds is 2. The second-order valence-corrected chi connectivity index (χ2v) is 2.77. The van der Waals surface area contributed by atoms with Crippen LogP contribution in [-0.2, 0) is 11.3 Å². The number of benzene rings is 1. The van der Waals surface area contributed by atoms with Gasteiger partial charge in [0.25, 0.3) is 0 Å². The fourth-order valence-corrected chi connectivity index (χ4v) is 1.35. The van der Waals surface area contributed by atoms with Crippen molar-refractivity contribution in [1.82, 2.24) is 0 Å². The second-order valence-electron chi connectivity index (χ2n) is 2.77. The molecule has 0 spiro atoms. The summed E-state index contributed by atoms with van der Waals surface area (Å²) in [5, 5.41) is 0.643. The Hall–Kier alpha value is -1.93. The van der Waals surface area contributed by atoms with E-state index >= 15 is 0 Å². The van der Waals surface area contributed by atoms with E-state index < -0.39 is 5.82 Å². The van der Waals surface area contributed by atoms with Gasteiger partial charge in [0.1, 0.15) is 11.4 Å². The van der Waals surface area contributed by atoms with Gasteiger partial charge in [0.15, 0.2) is 0 Å². The van der Waals surface area contributed by atoms with Crippen LogP contribution in [0.1, 0.15) is 5.56 Å². The molecule has 70 valence electrons. The second kappa shape index (κ2) is 3.44. The predicted molar refractivity (Wildman–Crippen MR) is 48.0 cm³/mol. The Kier molecular flexibility index (Phi) is 2.13. The molecule has 1 aromatic carbocycles. The Labute approximate surface area is 78.9 Å². The Morgan fingerprint density at radius 3 is 3.07 bits per heavy atom. The maximum atomic E-state index is 13.3. The quantitative estimate of drug-likeness (QED) is 0.540. The zero-order chi connectivity index (χ0) is 9.97. The van der Waals surface area contributed by atoms with Gasteiger partial charge in [-0.05, 0) is 18.2 Å². The fourth-order valence-electron chi connectivity index (χ4n) is 1.35. The van der Waals surface area contributed by atoms with E-state index in [1.165, 1.54) is 18.4 Å². The molecule has 0 amide bonds. The summed E-state index contributed by atoms with van der Waals surface area (Å²) in [5.74, 6) is -0.391. The first-order chi connectivity index (χ1) is 6.83. The van der Waals surface area contributed by atoms with E-state index in [1.54, 1.807) is 12.1 Å². The van der Waals surface area contributed by atoms with Gasteiger partial charge in [-0.1, -0.05) is 0 Å². The SMILES string of the molecule is O=C=NCc1c(F)ccc2occc12. The number of hydrogen-bond acceptors (Lipinski definition) is 3. The first kappa shape index (κ1) is 8.66. The molecule has 0 radical (unpaired) electrons. The van der Waals surface area contributed by atoms with Gasteiger partial charge in [-0.3, -0.25) is 0 Å². The Balaban J connectivity index is 2.63. The third-order valence-corrected chi connectivity index (χ3v) is 1.99. The van der Waals surface area contributed by atoms with Gasteiger partial charge >= 0.3 is 0 Å². The third kappa shape index (κ3) is 1.32. The lowest BCUT2D eigenvalue weighted by Gasteiger charge is -1.98. The lowest BCUT2D eigenvalue weighted by atomic mass is 10.1. The van der Waals surface area contributed by atoms with E-state index in [0.717, 1.165) is 0 Å². The number of hydrogen-bond donors (Lipinski definition) is 0. The Bertz CT molecular complexity index is 512. The first-order valence-corrected chi connectivity index (χ1v) is 4.01. The normalized spacial score (nSPS) is 10.1. The zero-order valence-corrected chi connectivity index (χ0v) is 7.16. The van der Waals surface area contributed by atoms with Crippen molar-refractivity contribution in [2.75, 3.05) is 0 Å². The van der Waals surface area contributed by atoms with Gasteiger partial charge in [-0.25, -0.2) is 14.2 Å². The van der Waals surface area contributed by atoms with Crippen LogP contribution < -0.4 is 0 Å². The highest BCUT2D eigenvalue weighted by Gasteiger charge is 2.08. The molecule has 1 aromatic heterocycles. The van der Waals surface area contributed by atoms with Crippen molar-refractivity contribution in [3.63, 3.8) is 0 Å². The molecule has 2 aromatic rings. The van der Waals surface area contributed by atoms with Crippen molar-refractivity contribution < 1.29 is 13.6 Å². The number of furan rings is 1. The molecule has 2 rings (SSSR count). The molecule has 4 heteroatoms. The number of aliphatic imine (C=N–C) groups is 1. The molecule has 0 unspecified atom stereocenters. The van der Waals surface area contributed by atoms with Crippen molar-refractivity contribution >= 4 is 17.0 Å². The van der Waals surface area contributed by atoms with Crippen molar-refractivity contribution in [3.8, 4) is 0 Å². The zero-order valence-electron chi connectivity index (χ0n) is 7.16. The van der Waals surface area contributed by atoms with E-state index in [9.17, 15) is 9.18 Å². The van der Waals surface area contributed by atoms with Crippen molar-refractivity contribution in [3.05, 3.63) is 35.8 Å². The van der Waals surface area contributed by atoms with Gasteiger partial charge in [0.2, 0.25) is 6.08 Å². The monoisotopic (exact) mass is 191 g/mol. The number of fused-ring (bicyclic) bond motifs is 1. The standard InChI is InChI=1S/C10H6FNO2/c11-9-1-2-10-7(3-4-14-10)8(9)5-12-6-13/h1-4H,5H2. The molecule has 0 atom stereocenters. The van der Waals surface area contributed by atoms with E-state index in [1.807, 2.05) is 0 Å². The van der Waals surface area contributed by atoms with Crippen molar-refractivity contribution in [1.29, 1.82) is 0 Å². The van der Waals surface area contributed by atoms with Gasteiger partial charge < -0.3 is 4.42 Å². The average Bonchev–Trinajstić information content (AvgIpc) is 2.64. The number of isocyanates is 1. The highest BCUT2D eigenvalue weighted by atomic mass is 19.1.